The molecule has 1 aliphatic rings. The van der Waals surface area contributed by atoms with Gasteiger partial charge in [-0.15, -0.1) is 0 Å². The van der Waals surface area contributed by atoms with Gasteiger partial charge in [-0.05, 0) is 38.2 Å². The number of ketones is 1. The molecule has 1 unspecified atom stereocenters. The van der Waals surface area contributed by atoms with E-state index in [1.165, 1.54) is 4.90 Å². The first-order valence-corrected chi connectivity index (χ1v) is 11.0. The lowest BCUT2D eigenvalue weighted by Gasteiger charge is -2.27. The van der Waals surface area contributed by atoms with Crippen molar-refractivity contribution in [2.24, 2.45) is 5.92 Å². The summed E-state index contributed by atoms with van der Waals surface area (Å²) < 4.78 is 11.3. The third-order valence-corrected chi connectivity index (χ3v) is 5.45. The fraction of sp³-hybridized carbons (Fsp3) is 0.385. The minimum Gasteiger partial charge on any atom is -0.507 e. The first kappa shape index (κ1) is 24.3. The number of hydrogen-bond donors (Lipinski definition) is 1. The van der Waals surface area contributed by atoms with Crippen LogP contribution in [0.3, 0.4) is 0 Å². The first-order chi connectivity index (χ1) is 15.7. The SMILES string of the molecule is COc1ccccc1C1/C(=C(/O)c2cccc(OCC(C)C)c2)C(=O)C(=O)N1CCN(C)C. The lowest BCUT2D eigenvalue weighted by Crippen LogP contribution is -2.35. The maximum Gasteiger partial charge on any atom is 0.295 e. The van der Waals surface area contributed by atoms with Crippen LogP contribution in [0.1, 0.15) is 31.0 Å². The van der Waals surface area contributed by atoms with Crippen molar-refractivity contribution in [3.05, 3.63) is 65.2 Å². The average Bonchev–Trinajstić information content (AvgIpc) is 3.05. The Kier molecular flexibility index (Phi) is 7.76. The number of nitrogens with zero attached hydrogens (tertiary/aromatic N) is 2. The second-order valence-corrected chi connectivity index (χ2v) is 8.77. The van der Waals surface area contributed by atoms with Crippen LogP contribution in [-0.4, -0.2) is 67.5 Å². The maximum atomic E-state index is 13.2. The van der Waals surface area contributed by atoms with Gasteiger partial charge in [0.1, 0.15) is 17.3 Å². The Bertz CT molecular complexity index is 1040. The number of likely N-dealkylation sites (tertiary alicyclic amines) is 1. The summed E-state index contributed by atoms with van der Waals surface area (Å²) >= 11 is 0. The third kappa shape index (κ3) is 5.37. The number of Topliss-reactive ketones (excluding diaryl/α,β-unsaturated/α-hetero) is 1. The van der Waals surface area contributed by atoms with E-state index in [-0.39, 0.29) is 11.3 Å². The Labute approximate surface area is 195 Å². The van der Waals surface area contributed by atoms with Gasteiger partial charge in [-0.1, -0.05) is 44.2 Å². The largest absolute Gasteiger partial charge is 0.507 e. The van der Waals surface area contributed by atoms with Crippen molar-refractivity contribution in [1.82, 2.24) is 9.80 Å². The van der Waals surface area contributed by atoms with Crippen LogP contribution in [0, 0.1) is 5.92 Å². The molecule has 0 radical (unpaired) electrons. The van der Waals surface area contributed by atoms with Gasteiger partial charge < -0.3 is 24.4 Å². The second kappa shape index (κ2) is 10.5. The van der Waals surface area contributed by atoms with Gasteiger partial charge in [-0.3, -0.25) is 9.59 Å². The van der Waals surface area contributed by atoms with Crippen molar-refractivity contribution >= 4 is 17.4 Å². The molecule has 7 heteroatoms. The highest BCUT2D eigenvalue weighted by molar-refractivity contribution is 6.46. The molecule has 0 bridgehead atoms. The number of aliphatic hydroxyl groups is 1. The summed E-state index contributed by atoms with van der Waals surface area (Å²) in [5.41, 5.74) is 1.11. The number of aliphatic hydroxyl groups excluding tert-OH is 1. The molecule has 33 heavy (non-hydrogen) atoms. The average molecular weight is 453 g/mol. The number of carbonyl (C=O) groups excluding carboxylic acids is 2. The Morgan fingerprint density at radius 2 is 1.85 bits per heavy atom. The van der Waals surface area contributed by atoms with Crippen LogP contribution in [0.15, 0.2) is 54.1 Å². The van der Waals surface area contributed by atoms with Gasteiger partial charge in [0.25, 0.3) is 11.7 Å². The van der Waals surface area contributed by atoms with Crippen molar-refractivity contribution in [3.8, 4) is 11.5 Å². The highest BCUT2D eigenvalue weighted by atomic mass is 16.5. The highest BCUT2D eigenvalue weighted by Gasteiger charge is 2.46. The number of hydrogen-bond acceptors (Lipinski definition) is 6. The van der Waals surface area contributed by atoms with E-state index in [2.05, 4.69) is 0 Å². The molecule has 0 aromatic heterocycles. The monoisotopic (exact) mass is 452 g/mol. The Balaban J connectivity index is 2.12. The van der Waals surface area contributed by atoms with E-state index in [1.54, 1.807) is 37.4 Å². The van der Waals surface area contributed by atoms with Gasteiger partial charge in [0.2, 0.25) is 0 Å². The van der Waals surface area contributed by atoms with Crippen molar-refractivity contribution in [3.63, 3.8) is 0 Å². The van der Waals surface area contributed by atoms with E-state index in [9.17, 15) is 14.7 Å². The molecule has 1 saturated heterocycles. The van der Waals surface area contributed by atoms with Crippen LogP contribution < -0.4 is 9.47 Å². The van der Waals surface area contributed by atoms with Crippen LogP contribution >= 0.6 is 0 Å². The fourth-order valence-electron chi connectivity index (χ4n) is 3.79. The second-order valence-electron chi connectivity index (χ2n) is 8.77. The Morgan fingerprint density at radius 3 is 2.52 bits per heavy atom. The molecule has 176 valence electrons. The zero-order valence-electron chi connectivity index (χ0n) is 19.9. The molecule has 0 aliphatic carbocycles. The van der Waals surface area contributed by atoms with Gasteiger partial charge in [0.05, 0.1) is 25.3 Å². The van der Waals surface area contributed by atoms with E-state index in [0.29, 0.717) is 48.2 Å². The first-order valence-electron chi connectivity index (χ1n) is 11.0. The standard InChI is InChI=1S/C26H32N2O5/c1-17(2)16-33-19-10-8-9-18(15-19)24(29)22-23(20-11-6-7-12-21(20)32-5)28(14-13-27(3)4)26(31)25(22)30/h6-12,15,17,23,29H,13-14,16H2,1-5H3/b24-22-. The van der Waals surface area contributed by atoms with Crippen LogP contribution in [-0.2, 0) is 9.59 Å². The third-order valence-electron chi connectivity index (χ3n) is 5.45. The lowest BCUT2D eigenvalue weighted by molar-refractivity contribution is -0.140. The molecule has 7 nitrogen and oxygen atoms in total. The van der Waals surface area contributed by atoms with Crippen molar-refractivity contribution in [1.29, 1.82) is 0 Å². The quantitative estimate of drug-likeness (QED) is 0.355. The normalized spacial score (nSPS) is 17.8. The number of likely N-dealkylation sites (N-methyl/N-ethyl adjacent to an activating group) is 1. The molecule has 2 aromatic rings. The number of methoxy groups -OCH3 is 1. The number of carbonyl (C=O) groups is 2. The molecule has 3 rings (SSSR count). The lowest BCUT2D eigenvalue weighted by atomic mass is 9.94. The zero-order valence-corrected chi connectivity index (χ0v) is 19.9. The maximum absolute atomic E-state index is 13.2. The Morgan fingerprint density at radius 1 is 1.12 bits per heavy atom. The summed E-state index contributed by atoms with van der Waals surface area (Å²) in [7, 11) is 5.34. The van der Waals surface area contributed by atoms with E-state index >= 15 is 0 Å². The predicted molar refractivity (Wildman–Crippen MR) is 127 cm³/mol. The fourth-order valence-corrected chi connectivity index (χ4v) is 3.79. The summed E-state index contributed by atoms with van der Waals surface area (Å²) in [5, 5.41) is 11.3. The van der Waals surface area contributed by atoms with Gasteiger partial charge >= 0.3 is 0 Å². The molecule has 2 aromatic carbocycles. The smallest absolute Gasteiger partial charge is 0.295 e. The topological polar surface area (TPSA) is 79.3 Å². The number of benzene rings is 2. The summed E-state index contributed by atoms with van der Waals surface area (Å²) in [5.74, 6) is -0.110. The van der Waals surface area contributed by atoms with E-state index in [4.69, 9.17) is 9.47 Å². The molecule has 1 N–H and O–H groups in total. The Hall–Kier alpha value is -3.32. The van der Waals surface area contributed by atoms with Crippen molar-refractivity contribution in [2.75, 3.05) is 40.9 Å². The minimum atomic E-state index is -0.763. The number of amides is 1. The van der Waals surface area contributed by atoms with Crippen LogP contribution in [0.2, 0.25) is 0 Å². The van der Waals surface area contributed by atoms with Gasteiger partial charge in [0, 0.05) is 24.2 Å². The summed E-state index contributed by atoms with van der Waals surface area (Å²) in [6, 6.07) is 13.4. The van der Waals surface area contributed by atoms with E-state index in [0.717, 1.165) is 0 Å². The van der Waals surface area contributed by atoms with Crippen molar-refractivity contribution < 1.29 is 24.2 Å². The molecular formula is C26H32N2O5. The van der Waals surface area contributed by atoms with Crippen LogP contribution in [0.5, 0.6) is 11.5 Å². The minimum absolute atomic E-state index is 0.0456. The molecule has 1 heterocycles. The molecule has 1 fully saturated rings. The van der Waals surface area contributed by atoms with Gasteiger partial charge in [-0.25, -0.2) is 0 Å². The number of para-hydroxylation sites is 1. The highest BCUT2D eigenvalue weighted by Crippen LogP contribution is 2.42. The summed E-state index contributed by atoms with van der Waals surface area (Å²) in [4.78, 5) is 29.6. The number of ether oxygens (including phenoxy) is 2. The van der Waals surface area contributed by atoms with E-state index < -0.39 is 17.7 Å². The molecule has 1 atom stereocenters. The van der Waals surface area contributed by atoms with Gasteiger partial charge in [-0.2, -0.15) is 0 Å². The molecule has 0 saturated carbocycles. The molecule has 0 spiro atoms. The van der Waals surface area contributed by atoms with Crippen molar-refractivity contribution in [2.45, 2.75) is 19.9 Å². The molecule has 1 aliphatic heterocycles. The zero-order chi connectivity index (χ0) is 24.1. The molecular weight excluding hydrogens is 420 g/mol. The van der Waals surface area contributed by atoms with E-state index in [1.807, 2.05) is 51.0 Å². The molecule has 1 amide bonds. The predicted octanol–water partition coefficient (Wildman–Crippen LogP) is 3.71. The summed E-state index contributed by atoms with van der Waals surface area (Å²) in [6.07, 6.45) is 0. The number of rotatable bonds is 9. The van der Waals surface area contributed by atoms with Crippen LogP contribution in [0.4, 0.5) is 0 Å². The summed E-state index contributed by atoms with van der Waals surface area (Å²) in [6.45, 7) is 5.52. The van der Waals surface area contributed by atoms with Crippen LogP contribution in [0.25, 0.3) is 5.76 Å². The van der Waals surface area contributed by atoms with Gasteiger partial charge in [0.15, 0.2) is 0 Å².